The third-order valence-electron chi connectivity index (χ3n) is 3.30. The predicted molar refractivity (Wildman–Crippen MR) is 74.0 cm³/mol. The van der Waals surface area contributed by atoms with Gasteiger partial charge < -0.3 is 5.32 Å². The molecule has 2 nitrogen and oxygen atoms in total. The molecule has 0 amide bonds. The normalized spacial score (nSPS) is 14.9. The van der Waals surface area contributed by atoms with Gasteiger partial charge in [0.15, 0.2) is 0 Å². The molecule has 1 heterocycles. The Morgan fingerprint density at radius 3 is 2.24 bits per heavy atom. The fraction of sp³-hybridized carbons (Fsp3) is 0.667. The van der Waals surface area contributed by atoms with Gasteiger partial charge in [-0.2, -0.15) is 0 Å². The molecular weight excluding hydrogens is 208 g/mol. The minimum absolute atomic E-state index is 0.706. The molecule has 0 saturated carbocycles. The molecule has 17 heavy (non-hydrogen) atoms. The van der Waals surface area contributed by atoms with Crippen LogP contribution in [0.2, 0.25) is 0 Å². The fourth-order valence-electron chi connectivity index (χ4n) is 1.89. The average Bonchev–Trinajstić information content (AvgIpc) is 2.29. The first kappa shape index (κ1) is 14.2. The summed E-state index contributed by atoms with van der Waals surface area (Å²) in [5.74, 6) is 2.15. The molecule has 0 bridgehead atoms. The second kappa shape index (κ2) is 7.44. The van der Waals surface area contributed by atoms with E-state index in [1.54, 1.807) is 0 Å². The van der Waals surface area contributed by atoms with Crippen molar-refractivity contribution < 1.29 is 0 Å². The second-order valence-electron chi connectivity index (χ2n) is 5.57. The Labute approximate surface area is 106 Å². The average molecular weight is 234 g/mol. The molecule has 2 heteroatoms. The zero-order valence-corrected chi connectivity index (χ0v) is 11.6. The third kappa shape index (κ3) is 5.83. The van der Waals surface area contributed by atoms with E-state index in [0.29, 0.717) is 11.8 Å². The maximum Gasteiger partial charge on any atom is 0.0270 e. The van der Waals surface area contributed by atoms with Crippen LogP contribution in [-0.4, -0.2) is 18.1 Å². The number of pyridine rings is 1. The lowest BCUT2D eigenvalue weighted by molar-refractivity contribution is 0.357. The number of hydrogen-bond donors (Lipinski definition) is 1. The largest absolute Gasteiger partial charge is 0.316 e. The van der Waals surface area contributed by atoms with Gasteiger partial charge in [-0.1, -0.05) is 27.7 Å². The molecule has 0 aliphatic heterocycles. The minimum atomic E-state index is 0.706. The molecule has 2 atom stereocenters. The van der Waals surface area contributed by atoms with Crippen LogP contribution in [0, 0.1) is 17.8 Å². The molecule has 0 spiro atoms. The molecule has 0 aromatic carbocycles. The molecule has 96 valence electrons. The SMILES string of the molecule is CC(C)CNCC(C)C(C)Cc1ccncc1. The van der Waals surface area contributed by atoms with Crippen LogP contribution in [0.3, 0.4) is 0 Å². The highest BCUT2D eigenvalue weighted by atomic mass is 14.9. The van der Waals surface area contributed by atoms with Crippen LogP contribution >= 0.6 is 0 Å². The lowest BCUT2D eigenvalue weighted by atomic mass is 9.90. The Balaban J connectivity index is 2.29. The summed E-state index contributed by atoms with van der Waals surface area (Å²) in [5.41, 5.74) is 1.39. The number of aromatic nitrogens is 1. The van der Waals surface area contributed by atoms with Crippen LogP contribution in [0.5, 0.6) is 0 Å². The van der Waals surface area contributed by atoms with E-state index >= 15 is 0 Å². The number of hydrogen-bond acceptors (Lipinski definition) is 2. The van der Waals surface area contributed by atoms with E-state index in [4.69, 9.17) is 0 Å². The van der Waals surface area contributed by atoms with Gasteiger partial charge in [0.1, 0.15) is 0 Å². The van der Waals surface area contributed by atoms with Crippen LogP contribution in [0.25, 0.3) is 0 Å². The number of rotatable bonds is 7. The van der Waals surface area contributed by atoms with Crippen LogP contribution in [-0.2, 0) is 6.42 Å². The van der Waals surface area contributed by atoms with E-state index in [0.717, 1.165) is 25.4 Å². The van der Waals surface area contributed by atoms with E-state index in [2.05, 4.69) is 50.1 Å². The van der Waals surface area contributed by atoms with Gasteiger partial charge in [0.2, 0.25) is 0 Å². The third-order valence-corrected chi connectivity index (χ3v) is 3.30. The van der Waals surface area contributed by atoms with Gasteiger partial charge in [-0.05, 0) is 55.0 Å². The van der Waals surface area contributed by atoms with Crippen molar-refractivity contribution in [1.29, 1.82) is 0 Å². The van der Waals surface area contributed by atoms with Gasteiger partial charge >= 0.3 is 0 Å². The summed E-state index contributed by atoms with van der Waals surface area (Å²) in [7, 11) is 0. The van der Waals surface area contributed by atoms with Gasteiger partial charge in [0, 0.05) is 12.4 Å². The number of nitrogens with one attached hydrogen (secondary N) is 1. The minimum Gasteiger partial charge on any atom is -0.316 e. The smallest absolute Gasteiger partial charge is 0.0270 e. The maximum absolute atomic E-state index is 4.05. The van der Waals surface area contributed by atoms with Gasteiger partial charge in [0.25, 0.3) is 0 Å². The van der Waals surface area contributed by atoms with Crippen LogP contribution in [0.15, 0.2) is 24.5 Å². The van der Waals surface area contributed by atoms with Crippen molar-refractivity contribution in [1.82, 2.24) is 10.3 Å². The zero-order valence-electron chi connectivity index (χ0n) is 11.6. The standard InChI is InChI=1S/C15H26N2/c1-12(2)10-17-11-14(4)13(3)9-15-5-7-16-8-6-15/h5-8,12-14,17H,9-11H2,1-4H3. The molecule has 0 aliphatic carbocycles. The van der Waals surface area contributed by atoms with Crippen molar-refractivity contribution in [2.45, 2.75) is 34.1 Å². The van der Waals surface area contributed by atoms with Crippen molar-refractivity contribution >= 4 is 0 Å². The van der Waals surface area contributed by atoms with Crippen molar-refractivity contribution in [3.8, 4) is 0 Å². The molecule has 0 saturated heterocycles. The first-order valence-corrected chi connectivity index (χ1v) is 6.69. The zero-order chi connectivity index (χ0) is 12.7. The lowest BCUT2D eigenvalue weighted by Gasteiger charge is -2.21. The summed E-state index contributed by atoms with van der Waals surface area (Å²) in [6.45, 7) is 11.4. The van der Waals surface area contributed by atoms with E-state index in [1.165, 1.54) is 5.56 Å². The summed E-state index contributed by atoms with van der Waals surface area (Å²) >= 11 is 0. The molecule has 0 aliphatic rings. The van der Waals surface area contributed by atoms with Gasteiger partial charge in [-0.15, -0.1) is 0 Å². The molecule has 1 rings (SSSR count). The Bertz CT molecular complexity index is 295. The van der Waals surface area contributed by atoms with E-state index in [9.17, 15) is 0 Å². The molecule has 1 N–H and O–H groups in total. The molecule has 1 aromatic heterocycles. The Morgan fingerprint density at radius 2 is 1.65 bits per heavy atom. The fourth-order valence-corrected chi connectivity index (χ4v) is 1.89. The Morgan fingerprint density at radius 1 is 1.00 bits per heavy atom. The monoisotopic (exact) mass is 234 g/mol. The van der Waals surface area contributed by atoms with Crippen molar-refractivity contribution in [2.75, 3.05) is 13.1 Å². The van der Waals surface area contributed by atoms with Crippen molar-refractivity contribution in [3.63, 3.8) is 0 Å². The highest BCUT2D eigenvalue weighted by Gasteiger charge is 2.12. The van der Waals surface area contributed by atoms with Crippen molar-refractivity contribution in [3.05, 3.63) is 30.1 Å². The topological polar surface area (TPSA) is 24.9 Å². The summed E-state index contributed by atoms with van der Waals surface area (Å²) in [6.07, 6.45) is 4.90. The molecule has 0 radical (unpaired) electrons. The first-order valence-electron chi connectivity index (χ1n) is 6.69. The summed E-state index contributed by atoms with van der Waals surface area (Å²) in [6, 6.07) is 4.23. The maximum atomic E-state index is 4.05. The van der Waals surface area contributed by atoms with E-state index in [-0.39, 0.29) is 0 Å². The lowest BCUT2D eigenvalue weighted by Crippen LogP contribution is -2.28. The highest BCUT2D eigenvalue weighted by molar-refractivity contribution is 5.10. The highest BCUT2D eigenvalue weighted by Crippen LogP contribution is 2.16. The van der Waals surface area contributed by atoms with E-state index in [1.807, 2.05) is 12.4 Å². The van der Waals surface area contributed by atoms with Gasteiger partial charge in [0.05, 0.1) is 0 Å². The molecule has 2 unspecified atom stereocenters. The summed E-state index contributed by atoms with van der Waals surface area (Å²) in [4.78, 5) is 4.05. The second-order valence-corrected chi connectivity index (χ2v) is 5.57. The molecule has 1 aromatic rings. The van der Waals surface area contributed by atoms with Gasteiger partial charge in [-0.3, -0.25) is 4.98 Å². The first-order chi connectivity index (χ1) is 8.09. The quantitative estimate of drug-likeness (QED) is 0.784. The van der Waals surface area contributed by atoms with Crippen LogP contribution in [0.4, 0.5) is 0 Å². The summed E-state index contributed by atoms with van der Waals surface area (Å²) in [5, 5.41) is 3.54. The van der Waals surface area contributed by atoms with Crippen molar-refractivity contribution in [2.24, 2.45) is 17.8 Å². The summed E-state index contributed by atoms with van der Waals surface area (Å²) < 4.78 is 0. The van der Waals surface area contributed by atoms with E-state index < -0.39 is 0 Å². The predicted octanol–water partition coefficient (Wildman–Crippen LogP) is 3.14. The van der Waals surface area contributed by atoms with Crippen LogP contribution in [0.1, 0.15) is 33.3 Å². The number of nitrogens with zero attached hydrogens (tertiary/aromatic N) is 1. The van der Waals surface area contributed by atoms with Gasteiger partial charge in [-0.25, -0.2) is 0 Å². The molecular formula is C15H26N2. The Kier molecular flexibility index (Phi) is 6.20. The molecule has 0 fully saturated rings. The van der Waals surface area contributed by atoms with Crippen LogP contribution < -0.4 is 5.32 Å². The Hall–Kier alpha value is -0.890.